The van der Waals surface area contributed by atoms with Crippen LogP contribution < -0.4 is 0 Å². The Hall–Kier alpha value is -2.10. The van der Waals surface area contributed by atoms with Crippen LogP contribution in [-0.4, -0.2) is 35.7 Å². The third-order valence-electron chi connectivity index (χ3n) is 16.2. The van der Waals surface area contributed by atoms with E-state index >= 15 is 0 Å². The number of esters is 2. The molecule has 5 aliphatic carbocycles. The zero-order valence-electron chi connectivity index (χ0n) is 31.6. The van der Waals surface area contributed by atoms with Crippen LogP contribution in [0.25, 0.3) is 0 Å². The van der Waals surface area contributed by atoms with Gasteiger partial charge in [-0.25, -0.2) is 0 Å². The van der Waals surface area contributed by atoms with Crippen molar-refractivity contribution in [2.24, 2.45) is 68.0 Å². The van der Waals surface area contributed by atoms with Gasteiger partial charge in [0.2, 0.25) is 0 Å². The second kappa shape index (κ2) is 12.9. The van der Waals surface area contributed by atoms with Gasteiger partial charge in [-0.2, -0.15) is 5.26 Å². The maximum absolute atomic E-state index is 13.0. The van der Waals surface area contributed by atoms with Crippen molar-refractivity contribution >= 4 is 17.9 Å². The summed E-state index contributed by atoms with van der Waals surface area (Å²) in [5.74, 6) is 2.13. The first-order valence-corrected chi connectivity index (χ1v) is 19.2. The molecule has 0 aromatic heterocycles. The standard InChI is InChI=1S/C41H65NO6/c1-26(2)27-13-19-41(20-16-32(43)47-24-10-23-42)22-21-39(8)28(34(27)41)11-12-30-38(7)17-15-31(48-33(44)25-36(3,4)35(45)46)37(5,6)29(38)14-18-40(30,39)9/h26-31,34H,10-22,24-25H2,1-9H3,(H,45,46)/t27-,28+,29-,30+,31-,34+,38-,39+,40+,41-/m0/s1. The van der Waals surface area contributed by atoms with Crippen molar-refractivity contribution < 1.29 is 29.0 Å². The van der Waals surface area contributed by atoms with Crippen molar-refractivity contribution in [3.63, 3.8) is 0 Å². The fourth-order valence-corrected chi connectivity index (χ4v) is 13.4. The molecule has 0 aromatic rings. The Morgan fingerprint density at radius 1 is 0.875 bits per heavy atom. The van der Waals surface area contributed by atoms with E-state index in [1.165, 1.54) is 44.9 Å². The molecule has 0 saturated heterocycles. The molecule has 1 N–H and O–H groups in total. The lowest BCUT2D eigenvalue weighted by Crippen LogP contribution is -2.66. The van der Waals surface area contributed by atoms with Crippen LogP contribution in [0.4, 0.5) is 0 Å². The summed E-state index contributed by atoms with van der Waals surface area (Å²) >= 11 is 0. The van der Waals surface area contributed by atoms with Crippen molar-refractivity contribution in [3.05, 3.63) is 0 Å². The van der Waals surface area contributed by atoms with Gasteiger partial charge < -0.3 is 14.6 Å². The van der Waals surface area contributed by atoms with E-state index in [-0.39, 0.29) is 58.6 Å². The van der Waals surface area contributed by atoms with Crippen molar-refractivity contribution in [1.82, 2.24) is 0 Å². The molecule has 0 spiro atoms. The molecule has 0 unspecified atom stereocenters. The van der Waals surface area contributed by atoms with Gasteiger partial charge in [0.05, 0.1) is 24.3 Å². The highest BCUT2D eigenvalue weighted by Gasteiger charge is 2.71. The molecule has 7 heteroatoms. The monoisotopic (exact) mass is 667 g/mol. The summed E-state index contributed by atoms with van der Waals surface area (Å²) in [6.07, 6.45) is 12.9. The topological polar surface area (TPSA) is 114 Å². The number of carboxylic acids is 1. The van der Waals surface area contributed by atoms with Crippen LogP contribution in [0.5, 0.6) is 0 Å². The van der Waals surface area contributed by atoms with Gasteiger partial charge in [-0.05, 0) is 142 Å². The van der Waals surface area contributed by atoms with Crippen LogP contribution in [0.3, 0.4) is 0 Å². The first kappa shape index (κ1) is 37.2. The molecule has 10 atom stereocenters. The van der Waals surface area contributed by atoms with Gasteiger partial charge in [0.15, 0.2) is 0 Å². The number of carbonyl (C=O) groups is 3. The van der Waals surface area contributed by atoms with E-state index in [0.717, 1.165) is 25.7 Å². The minimum absolute atomic E-state index is 0.111. The molecule has 48 heavy (non-hydrogen) atoms. The van der Waals surface area contributed by atoms with Crippen LogP contribution in [0, 0.1) is 79.3 Å². The predicted molar refractivity (Wildman–Crippen MR) is 185 cm³/mol. The van der Waals surface area contributed by atoms with Crippen molar-refractivity contribution in [2.45, 2.75) is 158 Å². The van der Waals surface area contributed by atoms with Crippen LogP contribution >= 0.6 is 0 Å². The predicted octanol–water partition coefficient (Wildman–Crippen LogP) is 9.37. The number of fused-ring (bicyclic) bond motifs is 7. The van der Waals surface area contributed by atoms with Gasteiger partial charge in [-0.15, -0.1) is 0 Å². The summed E-state index contributed by atoms with van der Waals surface area (Å²) in [4.78, 5) is 37.5. The highest BCUT2D eigenvalue weighted by molar-refractivity contribution is 5.81. The first-order valence-electron chi connectivity index (χ1n) is 19.2. The number of nitrogens with zero attached hydrogens (tertiary/aromatic N) is 1. The summed E-state index contributed by atoms with van der Waals surface area (Å²) in [6.45, 7) is 20.7. The molecule has 0 radical (unpaired) electrons. The molecular formula is C41H65NO6. The number of carboxylic acid groups (broad SMARTS) is 1. The van der Waals surface area contributed by atoms with Crippen molar-refractivity contribution in [1.29, 1.82) is 5.26 Å². The first-order chi connectivity index (χ1) is 22.3. The molecule has 5 fully saturated rings. The molecule has 0 heterocycles. The SMILES string of the molecule is CC(C)[C@@H]1CC[C@]2(CCC(=O)OCCC#N)CC[C@]3(C)[C@H](CC[C@@H]4[C@@]5(C)CC[C@H](OC(=O)CC(C)(C)C(=O)O)C(C)(C)[C@@H]5CC[C@]43C)[C@@H]12. The van der Waals surface area contributed by atoms with Crippen LogP contribution in [0.1, 0.15) is 152 Å². The fraction of sp³-hybridized carbons (Fsp3) is 0.902. The highest BCUT2D eigenvalue weighted by atomic mass is 16.5. The minimum Gasteiger partial charge on any atom is -0.481 e. The lowest BCUT2D eigenvalue weighted by molar-refractivity contribution is -0.252. The molecule has 5 saturated carbocycles. The van der Waals surface area contributed by atoms with Gasteiger partial charge >= 0.3 is 17.9 Å². The smallest absolute Gasteiger partial charge is 0.309 e. The molecular weight excluding hydrogens is 602 g/mol. The van der Waals surface area contributed by atoms with Gasteiger partial charge in [0.25, 0.3) is 0 Å². The van der Waals surface area contributed by atoms with Gasteiger partial charge in [-0.3, -0.25) is 14.4 Å². The fourth-order valence-electron chi connectivity index (χ4n) is 13.4. The Kier molecular flexibility index (Phi) is 9.99. The zero-order valence-corrected chi connectivity index (χ0v) is 31.6. The molecule has 270 valence electrons. The molecule has 0 aromatic carbocycles. The quantitative estimate of drug-likeness (QED) is 0.182. The van der Waals surface area contributed by atoms with Gasteiger partial charge in [0.1, 0.15) is 12.7 Å². The Bertz CT molecular complexity index is 1300. The number of carbonyl (C=O) groups excluding carboxylic acids is 2. The summed E-state index contributed by atoms with van der Waals surface area (Å²) in [5.41, 5.74) is -0.512. The van der Waals surface area contributed by atoms with Crippen LogP contribution in [0.2, 0.25) is 0 Å². The van der Waals surface area contributed by atoms with Gasteiger partial charge in [-0.1, -0.05) is 48.5 Å². The van der Waals surface area contributed by atoms with E-state index in [9.17, 15) is 19.5 Å². The maximum Gasteiger partial charge on any atom is 0.309 e. The van der Waals surface area contributed by atoms with Crippen molar-refractivity contribution in [2.75, 3.05) is 6.61 Å². The van der Waals surface area contributed by atoms with E-state index < -0.39 is 17.4 Å². The largest absolute Gasteiger partial charge is 0.481 e. The molecule has 5 rings (SSSR count). The average molecular weight is 668 g/mol. The van der Waals surface area contributed by atoms with Crippen molar-refractivity contribution in [3.8, 4) is 6.07 Å². The second-order valence-electron chi connectivity index (χ2n) is 19.3. The lowest BCUT2D eigenvalue weighted by atomic mass is 9.32. The van der Waals surface area contributed by atoms with E-state index in [1.54, 1.807) is 13.8 Å². The number of aliphatic carboxylic acids is 1. The number of rotatable bonds is 10. The molecule has 5 aliphatic rings. The highest BCUT2D eigenvalue weighted by Crippen LogP contribution is 2.78. The lowest BCUT2D eigenvalue weighted by Gasteiger charge is -2.73. The minimum atomic E-state index is -1.14. The van der Waals surface area contributed by atoms with E-state index in [2.05, 4.69) is 54.5 Å². The molecule has 7 nitrogen and oxygen atoms in total. The summed E-state index contributed by atoms with van der Waals surface area (Å²) < 4.78 is 11.6. The number of hydrogen-bond acceptors (Lipinski definition) is 6. The molecule has 0 aliphatic heterocycles. The Morgan fingerprint density at radius 3 is 2.23 bits per heavy atom. The summed E-state index contributed by atoms with van der Waals surface area (Å²) in [6, 6.07) is 2.07. The number of hydrogen-bond donors (Lipinski definition) is 1. The Morgan fingerprint density at radius 2 is 1.58 bits per heavy atom. The molecule has 0 amide bonds. The third kappa shape index (κ3) is 5.91. The zero-order chi connectivity index (χ0) is 35.5. The van der Waals surface area contributed by atoms with Crippen LogP contribution in [-0.2, 0) is 23.9 Å². The van der Waals surface area contributed by atoms with E-state index in [0.29, 0.717) is 41.9 Å². The third-order valence-corrected chi connectivity index (χ3v) is 16.2. The average Bonchev–Trinajstić information content (AvgIpc) is 3.38. The normalized spacial score (nSPS) is 41.6. The van der Waals surface area contributed by atoms with Gasteiger partial charge in [0, 0.05) is 11.8 Å². The number of ether oxygens (including phenoxy) is 2. The molecule has 0 bridgehead atoms. The van der Waals surface area contributed by atoms with Crippen LogP contribution in [0.15, 0.2) is 0 Å². The maximum atomic E-state index is 13.0. The van der Waals surface area contributed by atoms with E-state index in [4.69, 9.17) is 14.7 Å². The summed E-state index contributed by atoms with van der Waals surface area (Å²) in [7, 11) is 0. The summed E-state index contributed by atoms with van der Waals surface area (Å²) in [5, 5.41) is 18.5. The second-order valence-corrected chi connectivity index (χ2v) is 19.3. The number of nitriles is 1. The Labute approximate surface area is 290 Å². The van der Waals surface area contributed by atoms with E-state index in [1.807, 2.05) is 0 Å². The Balaban J connectivity index is 1.37.